The SMILES string of the molecule is O=C(Nc1cnn(-c2ccc(C(=O)NC(CCn3ccnc3)c3ccccc3)cc2)c1)c1cccnc1. The molecule has 2 N–H and O–H groups in total. The molecule has 5 aromatic rings. The molecule has 0 fully saturated rings. The van der Waals surface area contributed by atoms with E-state index in [4.69, 9.17) is 0 Å². The molecule has 3 heterocycles. The van der Waals surface area contributed by atoms with Gasteiger partial charge in [0.2, 0.25) is 0 Å². The third-order valence-corrected chi connectivity index (χ3v) is 5.90. The van der Waals surface area contributed by atoms with Crippen molar-refractivity contribution >= 4 is 17.5 Å². The molecule has 3 aromatic heterocycles. The molecule has 1 atom stereocenters. The van der Waals surface area contributed by atoms with Crippen LogP contribution in [0.5, 0.6) is 0 Å². The Labute approximate surface area is 213 Å². The summed E-state index contributed by atoms with van der Waals surface area (Å²) < 4.78 is 3.63. The van der Waals surface area contributed by atoms with Crippen LogP contribution in [-0.2, 0) is 6.54 Å². The smallest absolute Gasteiger partial charge is 0.257 e. The van der Waals surface area contributed by atoms with E-state index in [1.54, 1.807) is 60.1 Å². The monoisotopic (exact) mass is 491 g/mol. The van der Waals surface area contributed by atoms with Crippen LogP contribution in [0.15, 0.2) is 110 Å². The number of imidazole rings is 1. The lowest BCUT2D eigenvalue weighted by Gasteiger charge is -2.20. The lowest BCUT2D eigenvalue weighted by atomic mass is 10.0. The van der Waals surface area contributed by atoms with Crippen molar-refractivity contribution in [3.63, 3.8) is 0 Å². The van der Waals surface area contributed by atoms with Gasteiger partial charge in [-0.25, -0.2) is 9.67 Å². The van der Waals surface area contributed by atoms with Crippen molar-refractivity contribution in [1.29, 1.82) is 0 Å². The molecule has 9 heteroatoms. The summed E-state index contributed by atoms with van der Waals surface area (Å²) in [5, 5.41) is 10.3. The fourth-order valence-electron chi connectivity index (χ4n) is 3.94. The molecule has 2 aromatic carbocycles. The second kappa shape index (κ2) is 11.1. The number of hydrogen-bond acceptors (Lipinski definition) is 5. The topological polar surface area (TPSA) is 107 Å². The molecule has 0 saturated carbocycles. The molecule has 0 aliphatic heterocycles. The highest BCUT2D eigenvalue weighted by Crippen LogP contribution is 2.19. The summed E-state index contributed by atoms with van der Waals surface area (Å²) >= 11 is 0. The summed E-state index contributed by atoms with van der Waals surface area (Å²) in [6.45, 7) is 0.734. The Morgan fingerprint density at radius 2 is 1.68 bits per heavy atom. The fraction of sp³-hybridized carbons (Fsp3) is 0.107. The molecule has 9 nitrogen and oxygen atoms in total. The van der Waals surface area contributed by atoms with Crippen molar-refractivity contribution in [3.05, 3.63) is 127 Å². The molecule has 0 aliphatic carbocycles. The first-order valence-electron chi connectivity index (χ1n) is 11.8. The minimum absolute atomic E-state index is 0.145. The van der Waals surface area contributed by atoms with Crippen molar-refractivity contribution in [1.82, 2.24) is 29.6 Å². The highest BCUT2D eigenvalue weighted by molar-refractivity contribution is 6.03. The third kappa shape index (κ3) is 5.96. The van der Waals surface area contributed by atoms with Gasteiger partial charge in [0.25, 0.3) is 11.8 Å². The second-order valence-electron chi connectivity index (χ2n) is 8.44. The summed E-state index contributed by atoms with van der Waals surface area (Å²) in [6.07, 6.45) is 12.6. The van der Waals surface area contributed by atoms with E-state index in [1.165, 1.54) is 6.20 Å². The average molecular weight is 492 g/mol. The Balaban J connectivity index is 1.24. The number of carbonyl (C=O) groups excluding carboxylic acids is 2. The van der Waals surface area contributed by atoms with Crippen molar-refractivity contribution in [2.75, 3.05) is 5.32 Å². The third-order valence-electron chi connectivity index (χ3n) is 5.90. The van der Waals surface area contributed by atoms with E-state index in [1.807, 2.05) is 53.2 Å². The van der Waals surface area contributed by atoms with Crippen LogP contribution in [0.1, 0.15) is 38.7 Å². The summed E-state index contributed by atoms with van der Waals surface area (Å²) in [5.74, 6) is -0.420. The Bertz CT molecular complexity index is 1450. The zero-order valence-electron chi connectivity index (χ0n) is 19.9. The van der Waals surface area contributed by atoms with Crippen LogP contribution in [0.4, 0.5) is 5.69 Å². The van der Waals surface area contributed by atoms with Crippen LogP contribution in [0.3, 0.4) is 0 Å². The standard InChI is InChI=1S/C28H25N7O2/c36-27(33-26(21-5-2-1-3-6-21)12-15-34-16-14-30-20-34)22-8-10-25(11-9-22)35-19-24(18-31-35)32-28(37)23-7-4-13-29-17-23/h1-11,13-14,16-20,26H,12,15H2,(H,32,37)(H,33,36). The number of nitrogens with zero attached hydrogens (tertiary/aromatic N) is 5. The molecular formula is C28H25N7O2. The van der Waals surface area contributed by atoms with Crippen LogP contribution in [0, 0.1) is 0 Å². The minimum Gasteiger partial charge on any atom is -0.345 e. The van der Waals surface area contributed by atoms with Gasteiger partial charge in [0, 0.05) is 36.9 Å². The van der Waals surface area contributed by atoms with Gasteiger partial charge in [-0.1, -0.05) is 30.3 Å². The summed E-state index contributed by atoms with van der Waals surface area (Å²) in [7, 11) is 0. The predicted octanol–water partition coefficient (Wildman–Crippen LogP) is 4.28. The van der Waals surface area contributed by atoms with Gasteiger partial charge in [0.05, 0.1) is 41.7 Å². The summed E-state index contributed by atoms with van der Waals surface area (Å²) in [6, 6.07) is 20.3. The molecule has 0 bridgehead atoms. The first-order chi connectivity index (χ1) is 18.2. The van der Waals surface area contributed by atoms with Crippen molar-refractivity contribution in [2.24, 2.45) is 0 Å². The quantitative estimate of drug-likeness (QED) is 0.320. The van der Waals surface area contributed by atoms with Gasteiger partial charge in [-0.15, -0.1) is 0 Å². The number of hydrogen-bond donors (Lipinski definition) is 2. The number of anilines is 1. The molecule has 2 amide bonds. The predicted molar refractivity (Wildman–Crippen MR) is 139 cm³/mol. The maximum Gasteiger partial charge on any atom is 0.257 e. The molecule has 5 rings (SSSR count). The van der Waals surface area contributed by atoms with Gasteiger partial charge in [-0.3, -0.25) is 14.6 Å². The second-order valence-corrected chi connectivity index (χ2v) is 8.44. The molecule has 37 heavy (non-hydrogen) atoms. The Morgan fingerprint density at radius 1 is 0.838 bits per heavy atom. The maximum atomic E-state index is 13.1. The largest absolute Gasteiger partial charge is 0.345 e. The number of rotatable bonds is 9. The average Bonchev–Trinajstić information content (AvgIpc) is 3.64. The molecule has 184 valence electrons. The lowest BCUT2D eigenvalue weighted by Crippen LogP contribution is -2.29. The number of amides is 2. The Hall–Kier alpha value is -5.05. The number of aryl methyl sites for hydroxylation is 1. The molecule has 1 unspecified atom stereocenters. The van der Waals surface area contributed by atoms with Gasteiger partial charge in [-0.2, -0.15) is 5.10 Å². The summed E-state index contributed by atoms with van der Waals surface area (Å²) in [4.78, 5) is 33.5. The highest BCUT2D eigenvalue weighted by Gasteiger charge is 2.16. The van der Waals surface area contributed by atoms with E-state index in [2.05, 4.69) is 25.7 Å². The zero-order chi connectivity index (χ0) is 25.5. The van der Waals surface area contributed by atoms with Crippen LogP contribution >= 0.6 is 0 Å². The van der Waals surface area contributed by atoms with Crippen molar-refractivity contribution < 1.29 is 9.59 Å². The molecule has 0 aliphatic rings. The van der Waals surface area contributed by atoms with E-state index in [-0.39, 0.29) is 17.9 Å². The van der Waals surface area contributed by atoms with Gasteiger partial charge in [0.1, 0.15) is 0 Å². The van der Waals surface area contributed by atoms with E-state index in [0.29, 0.717) is 16.8 Å². The van der Waals surface area contributed by atoms with Crippen LogP contribution < -0.4 is 10.6 Å². The van der Waals surface area contributed by atoms with E-state index < -0.39 is 0 Å². The molecule has 0 radical (unpaired) electrons. The maximum absolute atomic E-state index is 13.1. The molecule has 0 saturated heterocycles. The zero-order valence-corrected chi connectivity index (χ0v) is 19.9. The van der Waals surface area contributed by atoms with E-state index in [0.717, 1.165) is 24.2 Å². The normalized spacial score (nSPS) is 11.6. The molecular weight excluding hydrogens is 466 g/mol. The first kappa shape index (κ1) is 23.7. The minimum atomic E-state index is -0.263. The van der Waals surface area contributed by atoms with E-state index in [9.17, 15) is 9.59 Å². The molecule has 0 spiro atoms. The first-order valence-corrected chi connectivity index (χ1v) is 11.8. The number of aromatic nitrogens is 5. The van der Waals surface area contributed by atoms with E-state index >= 15 is 0 Å². The van der Waals surface area contributed by atoms with Crippen LogP contribution in [-0.4, -0.2) is 36.1 Å². The number of carbonyl (C=O) groups is 2. The van der Waals surface area contributed by atoms with Crippen molar-refractivity contribution in [3.8, 4) is 5.69 Å². The van der Waals surface area contributed by atoms with Gasteiger partial charge in [-0.05, 0) is 48.4 Å². The van der Waals surface area contributed by atoms with Gasteiger partial charge < -0.3 is 15.2 Å². The highest BCUT2D eigenvalue weighted by atomic mass is 16.2. The number of nitrogens with one attached hydrogen (secondary N) is 2. The number of benzene rings is 2. The summed E-state index contributed by atoms with van der Waals surface area (Å²) in [5.41, 5.74) is 3.37. The Kier molecular flexibility index (Phi) is 7.12. The Morgan fingerprint density at radius 3 is 2.41 bits per heavy atom. The van der Waals surface area contributed by atoms with Crippen LogP contribution in [0.25, 0.3) is 5.69 Å². The fourth-order valence-corrected chi connectivity index (χ4v) is 3.94. The van der Waals surface area contributed by atoms with Gasteiger partial charge in [0.15, 0.2) is 0 Å². The van der Waals surface area contributed by atoms with Crippen molar-refractivity contribution in [2.45, 2.75) is 19.0 Å². The number of pyridine rings is 1. The van der Waals surface area contributed by atoms with Gasteiger partial charge >= 0.3 is 0 Å². The lowest BCUT2D eigenvalue weighted by molar-refractivity contribution is 0.0933. The van der Waals surface area contributed by atoms with Crippen LogP contribution in [0.2, 0.25) is 0 Å².